The lowest BCUT2D eigenvalue weighted by Gasteiger charge is -2.15. The van der Waals surface area contributed by atoms with Crippen LogP contribution in [0.3, 0.4) is 0 Å². The van der Waals surface area contributed by atoms with Gasteiger partial charge < -0.3 is 15.7 Å². The summed E-state index contributed by atoms with van der Waals surface area (Å²) < 4.78 is 14.2. The van der Waals surface area contributed by atoms with E-state index in [-0.39, 0.29) is 11.5 Å². The zero-order valence-corrected chi connectivity index (χ0v) is 12.8. The second-order valence-corrected chi connectivity index (χ2v) is 5.84. The smallest absolute Gasteiger partial charge is 0.320 e. The molecule has 4 N–H and O–H groups in total. The van der Waals surface area contributed by atoms with E-state index in [1.807, 2.05) is 6.07 Å². The third-order valence-electron chi connectivity index (χ3n) is 3.51. The van der Waals surface area contributed by atoms with Crippen molar-refractivity contribution in [2.45, 2.75) is 13.0 Å². The molecule has 21 heavy (non-hydrogen) atoms. The standard InChI is InChI=1S/C15H13BrFN3O/c1-7-4-8(2-3-11(7)17)14(18)9-5-12-13(6-10(9)16)20-15(21)19-12/h2-6,14H,18H2,1H3,(H2,19,20,21). The molecule has 6 heteroatoms. The Balaban J connectivity index is 2.11. The molecular weight excluding hydrogens is 337 g/mol. The minimum atomic E-state index is -0.415. The Hall–Kier alpha value is -1.92. The van der Waals surface area contributed by atoms with E-state index in [0.717, 1.165) is 15.6 Å². The fraction of sp³-hybridized carbons (Fsp3) is 0.133. The number of halogens is 2. The molecule has 1 unspecified atom stereocenters. The molecule has 3 rings (SSSR count). The Morgan fingerprint density at radius 1 is 1.19 bits per heavy atom. The van der Waals surface area contributed by atoms with Gasteiger partial charge in [-0.05, 0) is 41.8 Å². The monoisotopic (exact) mass is 349 g/mol. The molecule has 0 spiro atoms. The molecule has 2 aromatic carbocycles. The summed E-state index contributed by atoms with van der Waals surface area (Å²) in [4.78, 5) is 16.7. The maximum absolute atomic E-state index is 13.4. The molecule has 0 aliphatic rings. The van der Waals surface area contributed by atoms with Gasteiger partial charge in [-0.3, -0.25) is 0 Å². The van der Waals surface area contributed by atoms with E-state index in [1.54, 1.807) is 25.1 Å². The first-order valence-electron chi connectivity index (χ1n) is 6.39. The Morgan fingerprint density at radius 3 is 2.52 bits per heavy atom. The SMILES string of the molecule is Cc1cc(C(N)c2cc3[nH]c(=O)[nH]c3cc2Br)ccc1F. The van der Waals surface area contributed by atoms with Gasteiger partial charge in [-0.2, -0.15) is 0 Å². The highest BCUT2D eigenvalue weighted by molar-refractivity contribution is 9.10. The van der Waals surface area contributed by atoms with Crippen molar-refractivity contribution in [3.63, 3.8) is 0 Å². The number of aromatic nitrogens is 2. The van der Waals surface area contributed by atoms with Crippen LogP contribution in [0.15, 0.2) is 39.6 Å². The molecule has 108 valence electrons. The number of fused-ring (bicyclic) bond motifs is 1. The number of imidazole rings is 1. The number of rotatable bonds is 2. The molecule has 0 radical (unpaired) electrons. The highest BCUT2D eigenvalue weighted by atomic mass is 79.9. The number of aromatic amines is 2. The summed E-state index contributed by atoms with van der Waals surface area (Å²) in [5, 5.41) is 0. The molecule has 1 atom stereocenters. The number of hydrogen-bond acceptors (Lipinski definition) is 2. The Morgan fingerprint density at radius 2 is 1.86 bits per heavy atom. The molecule has 0 bridgehead atoms. The lowest BCUT2D eigenvalue weighted by atomic mass is 9.97. The largest absolute Gasteiger partial charge is 0.323 e. The van der Waals surface area contributed by atoms with Gasteiger partial charge in [0.05, 0.1) is 17.1 Å². The third-order valence-corrected chi connectivity index (χ3v) is 4.20. The average molecular weight is 350 g/mol. The van der Waals surface area contributed by atoms with Gasteiger partial charge in [-0.1, -0.05) is 28.1 Å². The first-order valence-corrected chi connectivity index (χ1v) is 7.18. The summed E-state index contributed by atoms with van der Waals surface area (Å²) in [5.41, 5.74) is 9.60. The number of hydrogen-bond donors (Lipinski definition) is 3. The maximum Gasteiger partial charge on any atom is 0.323 e. The normalized spacial score (nSPS) is 12.8. The van der Waals surface area contributed by atoms with Crippen LogP contribution in [0.5, 0.6) is 0 Å². The van der Waals surface area contributed by atoms with E-state index in [4.69, 9.17) is 5.73 Å². The fourth-order valence-corrected chi connectivity index (χ4v) is 2.94. The molecule has 0 aliphatic heterocycles. The Kier molecular flexibility index (Phi) is 3.43. The summed E-state index contributed by atoms with van der Waals surface area (Å²) in [7, 11) is 0. The summed E-state index contributed by atoms with van der Waals surface area (Å²) in [5.74, 6) is -0.254. The van der Waals surface area contributed by atoms with E-state index >= 15 is 0 Å². The van der Waals surface area contributed by atoms with Gasteiger partial charge in [0.1, 0.15) is 5.82 Å². The molecule has 0 aliphatic carbocycles. The minimum absolute atomic E-state index is 0.254. The van der Waals surface area contributed by atoms with Crippen molar-refractivity contribution in [2.75, 3.05) is 0 Å². The molecular formula is C15H13BrFN3O. The van der Waals surface area contributed by atoms with Crippen LogP contribution in [-0.4, -0.2) is 9.97 Å². The van der Waals surface area contributed by atoms with Crippen molar-refractivity contribution in [1.82, 2.24) is 9.97 Å². The van der Waals surface area contributed by atoms with E-state index < -0.39 is 6.04 Å². The van der Waals surface area contributed by atoms with Crippen LogP contribution in [-0.2, 0) is 0 Å². The van der Waals surface area contributed by atoms with Crippen LogP contribution in [0.2, 0.25) is 0 Å². The van der Waals surface area contributed by atoms with Crippen LogP contribution < -0.4 is 11.4 Å². The molecule has 4 nitrogen and oxygen atoms in total. The van der Waals surface area contributed by atoms with Crippen molar-refractivity contribution in [3.05, 3.63) is 67.8 Å². The van der Waals surface area contributed by atoms with Gasteiger partial charge in [0.15, 0.2) is 0 Å². The topological polar surface area (TPSA) is 74.7 Å². The summed E-state index contributed by atoms with van der Waals surface area (Å²) in [6.07, 6.45) is 0. The molecule has 0 fully saturated rings. The summed E-state index contributed by atoms with van der Waals surface area (Å²) in [6, 6.07) is 8.02. The quantitative estimate of drug-likeness (QED) is 0.664. The number of H-pyrrole nitrogens is 2. The number of nitrogens with one attached hydrogen (secondary N) is 2. The van der Waals surface area contributed by atoms with Crippen LogP contribution >= 0.6 is 15.9 Å². The van der Waals surface area contributed by atoms with Gasteiger partial charge in [-0.15, -0.1) is 0 Å². The molecule has 3 aromatic rings. The van der Waals surface area contributed by atoms with E-state index in [9.17, 15) is 9.18 Å². The third kappa shape index (κ3) is 2.52. The highest BCUT2D eigenvalue weighted by Crippen LogP contribution is 2.30. The summed E-state index contributed by atoms with van der Waals surface area (Å²) in [6.45, 7) is 1.70. The highest BCUT2D eigenvalue weighted by Gasteiger charge is 2.15. The average Bonchev–Trinajstić information content (AvgIpc) is 2.79. The Bertz CT molecular complexity index is 884. The lowest BCUT2D eigenvalue weighted by Crippen LogP contribution is -2.13. The minimum Gasteiger partial charge on any atom is -0.320 e. The van der Waals surface area contributed by atoms with Crippen molar-refractivity contribution < 1.29 is 4.39 Å². The molecule has 1 heterocycles. The first kappa shape index (κ1) is 14.0. The number of nitrogens with two attached hydrogens (primary N) is 1. The van der Waals surface area contributed by atoms with Gasteiger partial charge >= 0.3 is 5.69 Å². The second-order valence-electron chi connectivity index (χ2n) is 4.98. The van der Waals surface area contributed by atoms with Gasteiger partial charge in [-0.25, -0.2) is 9.18 Å². The fourth-order valence-electron chi connectivity index (χ4n) is 2.35. The first-order chi connectivity index (χ1) is 9.95. The molecule has 0 amide bonds. The van der Waals surface area contributed by atoms with Gasteiger partial charge in [0, 0.05) is 4.47 Å². The number of benzene rings is 2. The van der Waals surface area contributed by atoms with Crippen molar-refractivity contribution in [2.24, 2.45) is 5.73 Å². The van der Waals surface area contributed by atoms with Crippen LogP contribution in [0.4, 0.5) is 4.39 Å². The van der Waals surface area contributed by atoms with Crippen molar-refractivity contribution >= 4 is 27.0 Å². The van der Waals surface area contributed by atoms with E-state index in [2.05, 4.69) is 25.9 Å². The zero-order chi connectivity index (χ0) is 15.1. The predicted molar refractivity (Wildman–Crippen MR) is 83.8 cm³/mol. The van der Waals surface area contributed by atoms with Gasteiger partial charge in [0.25, 0.3) is 0 Å². The zero-order valence-electron chi connectivity index (χ0n) is 11.2. The second kappa shape index (κ2) is 5.13. The van der Waals surface area contributed by atoms with Crippen molar-refractivity contribution in [3.8, 4) is 0 Å². The molecule has 0 saturated carbocycles. The van der Waals surface area contributed by atoms with Crippen LogP contribution in [0.1, 0.15) is 22.7 Å². The Labute approximate surface area is 128 Å². The lowest BCUT2D eigenvalue weighted by molar-refractivity contribution is 0.617. The van der Waals surface area contributed by atoms with Crippen molar-refractivity contribution in [1.29, 1.82) is 0 Å². The number of aryl methyl sites for hydroxylation is 1. The molecule has 1 aromatic heterocycles. The molecule has 0 saturated heterocycles. The van der Waals surface area contributed by atoms with Crippen LogP contribution in [0.25, 0.3) is 11.0 Å². The van der Waals surface area contributed by atoms with E-state index in [0.29, 0.717) is 16.6 Å². The van der Waals surface area contributed by atoms with Gasteiger partial charge in [0.2, 0.25) is 0 Å². The van der Waals surface area contributed by atoms with E-state index in [1.165, 1.54) is 6.07 Å². The predicted octanol–water partition coefficient (Wildman–Crippen LogP) is 3.11. The summed E-state index contributed by atoms with van der Waals surface area (Å²) >= 11 is 3.47. The maximum atomic E-state index is 13.4. The van der Waals surface area contributed by atoms with Crippen LogP contribution in [0, 0.1) is 12.7 Å².